The average Bonchev–Trinajstić information content (AvgIpc) is 2.52. The molecule has 0 aromatic heterocycles. The van der Waals surface area contributed by atoms with Crippen molar-refractivity contribution in [3.63, 3.8) is 0 Å². The van der Waals surface area contributed by atoms with Gasteiger partial charge < -0.3 is 10.6 Å². The van der Waals surface area contributed by atoms with Crippen molar-refractivity contribution in [1.82, 2.24) is 10.6 Å². The zero-order chi connectivity index (χ0) is 10.4. The molecule has 2 fully saturated rings. The molecule has 84 valence electrons. The molecule has 2 nitrogen and oxygen atoms in total. The summed E-state index contributed by atoms with van der Waals surface area (Å²) in [5.74, 6) is 0.973. The number of nitrogens with one attached hydrogen (secondary N) is 2. The van der Waals surface area contributed by atoms with Crippen LogP contribution >= 0.6 is 0 Å². The molecule has 14 heavy (non-hydrogen) atoms. The molecule has 0 saturated carbocycles. The smallest absolute Gasteiger partial charge is 0.00417 e. The van der Waals surface area contributed by atoms with Crippen LogP contribution in [0, 0.1) is 5.92 Å². The molecule has 2 rings (SSSR count). The zero-order valence-electron chi connectivity index (χ0n) is 9.97. The highest BCUT2D eigenvalue weighted by Gasteiger charge is 2.14. The third-order valence-electron chi connectivity index (χ3n) is 3.23. The third kappa shape index (κ3) is 4.97. The quantitative estimate of drug-likeness (QED) is 0.623. The Hall–Kier alpha value is -0.0800. The predicted molar refractivity (Wildman–Crippen MR) is 62.6 cm³/mol. The van der Waals surface area contributed by atoms with E-state index >= 15 is 0 Å². The Kier molecular flexibility index (Phi) is 5.49. The topological polar surface area (TPSA) is 24.1 Å². The molecule has 0 aromatic carbocycles. The van der Waals surface area contributed by atoms with Gasteiger partial charge >= 0.3 is 0 Å². The second-order valence-corrected chi connectivity index (χ2v) is 4.98. The molecule has 2 saturated heterocycles. The lowest BCUT2D eigenvalue weighted by atomic mass is 10.0. The van der Waals surface area contributed by atoms with Crippen molar-refractivity contribution in [1.29, 1.82) is 0 Å². The van der Waals surface area contributed by atoms with Gasteiger partial charge in [-0.3, -0.25) is 0 Å². The summed E-state index contributed by atoms with van der Waals surface area (Å²) in [5, 5.41) is 6.73. The minimum absolute atomic E-state index is 0.773. The van der Waals surface area contributed by atoms with E-state index in [9.17, 15) is 0 Å². The molecular weight excluding hydrogens is 172 g/mol. The van der Waals surface area contributed by atoms with E-state index in [4.69, 9.17) is 0 Å². The first-order valence-electron chi connectivity index (χ1n) is 6.15. The highest BCUT2D eigenvalue weighted by Crippen LogP contribution is 2.09. The van der Waals surface area contributed by atoms with Crippen molar-refractivity contribution < 1.29 is 0 Å². The Morgan fingerprint density at radius 1 is 0.786 bits per heavy atom. The molecule has 0 aromatic rings. The van der Waals surface area contributed by atoms with Gasteiger partial charge in [0.1, 0.15) is 0 Å². The molecule has 2 N–H and O–H groups in total. The van der Waals surface area contributed by atoms with E-state index in [0.717, 1.165) is 18.0 Å². The van der Waals surface area contributed by atoms with Gasteiger partial charge in [-0.15, -0.1) is 0 Å². The van der Waals surface area contributed by atoms with Crippen LogP contribution in [0.4, 0.5) is 0 Å². The summed E-state index contributed by atoms with van der Waals surface area (Å²) in [6.07, 6.45) is 5.47. The van der Waals surface area contributed by atoms with Crippen LogP contribution in [0.25, 0.3) is 0 Å². The molecule has 0 spiro atoms. The Labute approximate surface area is 88.8 Å². The van der Waals surface area contributed by atoms with Gasteiger partial charge in [0.2, 0.25) is 0 Å². The minimum atomic E-state index is 0.773. The minimum Gasteiger partial charge on any atom is -0.317 e. The van der Waals surface area contributed by atoms with Crippen LogP contribution in [0.2, 0.25) is 0 Å². The van der Waals surface area contributed by atoms with Crippen molar-refractivity contribution >= 4 is 0 Å². The summed E-state index contributed by atoms with van der Waals surface area (Å²) in [4.78, 5) is 0. The van der Waals surface area contributed by atoms with Crippen molar-refractivity contribution in [3.05, 3.63) is 0 Å². The van der Waals surface area contributed by atoms with Gasteiger partial charge in [0.25, 0.3) is 0 Å². The van der Waals surface area contributed by atoms with Crippen molar-refractivity contribution in [2.24, 2.45) is 5.92 Å². The largest absolute Gasteiger partial charge is 0.317 e. The molecule has 2 heteroatoms. The summed E-state index contributed by atoms with van der Waals surface area (Å²) in [7, 11) is 0. The molecule has 0 amide bonds. The van der Waals surface area contributed by atoms with E-state index < -0.39 is 0 Å². The second-order valence-electron chi connectivity index (χ2n) is 4.98. The van der Waals surface area contributed by atoms with E-state index in [-0.39, 0.29) is 0 Å². The highest BCUT2D eigenvalue weighted by atomic mass is 15.0. The summed E-state index contributed by atoms with van der Waals surface area (Å²) < 4.78 is 0. The molecule has 2 unspecified atom stereocenters. The van der Waals surface area contributed by atoms with E-state index in [2.05, 4.69) is 31.4 Å². The molecule has 0 bridgehead atoms. The summed E-state index contributed by atoms with van der Waals surface area (Å²) in [6.45, 7) is 9.27. The van der Waals surface area contributed by atoms with E-state index in [1.165, 1.54) is 38.8 Å². The number of piperidine rings is 1. The van der Waals surface area contributed by atoms with Gasteiger partial charge in [0.05, 0.1) is 0 Å². The Morgan fingerprint density at radius 3 is 1.50 bits per heavy atom. The van der Waals surface area contributed by atoms with E-state index in [0.29, 0.717) is 0 Å². The van der Waals surface area contributed by atoms with Gasteiger partial charge in [0.15, 0.2) is 0 Å². The van der Waals surface area contributed by atoms with Crippen molar-refractivity contribution in [2.75, 3.05) is 13.1 Å². The van der Waals surface area contributed by atoms with Crippen LogP contribution in [-0.4, -0.2) is 25.2 Å². The SMILES string of the molecule is CC1CCC(C)N1.CC1CCNCC1. The second kappa shape index (κ2) is 6.41. The third-order valence-corrected chi connectivity index (χ3v) is 3.23. The van der Waals surface area contributed by atoms with Crippen LogP contribution in [0.3, 0.4) is 0 Å². The average molecular weight is 198 g/mol. The van der Waals surface area contributed by atoms with Gasteiger partial charge in [-0.2, -0.15) is 0 Å². The van der Waals surface area contributed by atoms with Gasteiger partial charge in [-0.1, -0.05) is 6.92 Å². The van der Waals surface area contributed by atoms with Crippen molar-refractivity contribution in [2.45, 2.75) is 58.5 Å². The lowest BCUT2D eigenvalue weighted by Crippen LogP contribution is -2.26. The fraction of sp³-hybridized carbons (Fsp3) is 1.00. The zero-order valence-corrected chi connectivity index (χ0v) is 9.97. The molecule has 2 aliphatic heterocycles. The molecule has 0 aliphatic carbocycles. The van der Waals surface area contributed by atoms with Gasteiger partial charge in [0, 0.05) is 12.1 Å². The number of rotatable bonds is 0. The van der Waals surface area contributed by atoms with Crippen LogP contribution in [0.15, 0.2) is 0 Å². The standard InChI is InChI=1S/2C6H13N/c1-5-3-4-6(2)7-5;1-6-2-4-7-5-3-6/h5-7H,3-4H2,1-2H3;6-7H,2-5H2,1H3. The van der Waals surface area contributed by atoms with Crippen molar-refractivity contribution in [3.8, 4) is 0 Å². The fourth-order valence-corrected chi connectivity index (χ4v) is 2.12. The highest BCUT2D eigenvalue weighted by molar-refractivity contribution is 4.76. The maximum absolute atomic E-state index is 3.42. The van der Waals surface area contributed by atoms with E-state index in [1.807, 2.05) is 0 Å². The summed E-state index contributed by atoms with van der Waals surface area (Å²) in [5.41, 5.74) is 0. The maximum Gasteiger partial charge on any atom is 0.00417 e. The number of hydrogen-bond acceptors (Lipinski definition) is 2. The maximum atomic E-state index is 3.42. The molecule has 2 atom stereocenters. The van der Waals surface area contributed by atoms with Crippen LogP contribution in [0.5, 0.6) is 0 Å². The van der Waals surface area contributed by atoms with Gasteiger partial charge in [-0.05, 0) is 58.5 Å². The lowest BCUT2D eigenvalue weighted by molar-refractivity contribution is 0.402. The lowest BCUT2D eigenvalue weighted by Gasteiger charge is -2.17. The van der Waals surface area contributed by atoms with Crippen LogP contribution in [0.1, 0.15) is 46.5 Å². The molecular formula is C12H26N2. The molecule has 2 heterocycles. The van der Waals surface area contributed by atoms with E-state index in [1.54, 1.807) is 0 Å². The van der Waals surface area contributed by atoms with Crippen LogP contribution in [-0.2, 0) is 0 Å². The van der Waals surface area contributed by atoms with Crippen LogP contribution < -0.4 is 10.6 Å². The normalized spacial score (nSPS) is 33.6. The summed E-state index contributed by atoms with van der Waals surface area (Å²) >= 11 is 0. The summed E-state index contributed by atoms with van der Waals surface area (Å²) in [6, 6.07) is 1.55. The Morgan fingerprint density at radius 2 is 1.29 bits per heavy atom. The fourth-order valence-electron chi connectivity index (χ4n) is 2.12. The Bertz CT molecular complexity index is 129. The molecule has 2 aliphatic rings. The predicted octanol–water partition coefficient (Wildman–Crippen LogP) is 2.15. The number of hydrogen-bond donors (Lipinski definition) is 2. The van der Waals surface area contributed by atoms with Gasteiger partial charge in [-0.25, -0.2) is 0 Å². The Balaban J connectivity index is 0.000000140. The molecule has 0 radical (unpaired) electrons. The first-order valence-corrected chi connectivity index (χ1v) is 6.15. The first kappa shape index (κ1) is 12.0. The first-order chi connectivity index (χ1) is 6.68. The monoisotopic (exact) mass is 198 g/mol.